The number of morpholine rings is 1. The van der Waals surface area contributed by atoms with Crippen LogP contribution >= 0.6 is 0 Å². The Morgan fingerprint density at radius 3 is 2.61 bits per heavy atom. The van der Waals surface area contributed by atoms with Gasteiger partial charge in [0, 0.05) is 12.6 Å². The van der Waals surface area contributed by atoms with E-state index in [1.54, 1.807) is 0 Å². The topological polar surface area (TPSA) is 21.3 Å². The third-order valence-corrected chi connectivity index (χ3v) is 5.38. The predicted molar refractivity (Wildman–Crippen MR) is 76.8 cm³/mol. The zero-order chi connectivity index (χ0) is 13.0. The fraction of sp³-hybridized carbons (Fsp3) is 1.00. The second kappa shape index (κ2) is 6.38. The molecule has 2 nitrogen and oxygen atoms in total. The molecule has 2 aliphatic rings. The molecule has 2 heteroatoms. The van der Waals surface area contributed by atoms with Crippen molar-refractivity contribution in [2.75, 3.05) is 13.2 Å². The average Bonchev–Trinajstić information content (AvgIpc) is 2.42. The highest BCUT2D eigenvalue weighted by Gasteiger charge is 2.44. The van der Waals surface area contributed by atoms with Crippen molar-refractivity contribution < 1.29 is 4.74 Å². The van der Waals surface area contributed by atoms with Gasteiger partial charge in [-0.2, -0.15) is 0 Å². The van der Waals surface area contributed by atoms with E-state index in [0.29, 0.717) is 6.04 Å². The summed E-state index contributed by atoms with van der Waals surface area (Å²) in [7, 11) is 0. The monoisotopic (exact) mass is 253 g/mol. The maximum Gasteiger partial charge on any atom is 0.0835 e. The SMILES string of the molecule is CCC(C)CC1NCCOC12CCC(CC)CC2. The van der Waals surface area contributed by atoms with Gasteiger partial charge in [0.25, 0.3) is 0 Å². The van der Waals surface area contributed by atoms with Crippen LogP contribution in [0.3, 0.4) is 0 Å². The van der Waals surface area contributed by atoms with E-state index < -0.39 is 0 Å². The number of hydrogen-bond acceptors (Lipinski definition) is 2. The van der Waals surface area contributed by atoms with Crippen LogP contribution in [-0.2, 0) is 4.74 Å². The van der Waals surface area contributed by atoms with Crippen molar-refractivity contribution in [3.63, 3.8) is 0 Å². The molecule has 1 saturated carbocycles. The number of ether oxygens (including phenoxy) is 1. The van der Waals surface area contributed by atoms with E-state index in [0.717, 1.165) is 25.0 Å². The lowest BCUT2D eigenvalue weighted by Crippen LogP contribution is -2.59. The first-order valence-corrected chi connectivity index (χ1v) is 8.07. The molecular formula is C16H31NO. The molecular weight excluding hydrogens is 222 g/mol. The van der Waals surface area contributed by atoms with Gasteiger partial charge < -0.3 is 10.1 Å². The van der Waals surface area contributed by atoms with E-state index in [1.807, 2.05) is 0 Å². The Labute approximate surface area is 113 Å². The lowest BCUT2D eigenvalue weighted by molar-refractivity contribution is -0.127. The highest BCUT2D eigenvalue weighted by Crippen LogP contribution is 2.41. The summed E-state index contributed by atoms with van der Waals surface area (Å²) in [4.78, 5) is 0. The van der Waals surface area contributed by atoms with Gasteiger partial charge in [-0.05, 0) is 43.9 Å². The second-order valence-electron chi connectivity index (χ2n) is 6.52. The molecule has 1 aliphatic carbocycles. The molecule has 0 amide bonds. The smallest absolute Gasteiger partial charge is 0.0835 e. The van der Waals surface area contributed by atoms with E-state index in [-0.39, 0.29) is 5.60 Å². The molecule has 1 spiro atoms. The van der Waals surface area contributed by atoms with Crippen LogP contribution in [0.1, 0.15) is 65.7 Å². The van der Waals surface area contributed by atoms with E-state index in [1.165, 1.54) is 44.9 Å². The van der Waals surface area contributed by atoms with Gasteiger partial charge in [-0.25, -0.2) is 0 Å². The molecule has 2 atom stereocenters. The summed E-state index contributed by atoms with van der Waals surface area (Å²) in [5.74, 6) is 1.76. The minimum atomic E-state index is 0.174. The van der Waals surface area contributed by atoms with E-state index in [2.05, 4.69) is 26.1 Å². The van der Waals surface area contributed by atoms with Crippen molar-refractivity contribution >= 4 is 0 Å². The Hall–Kier alpha value is -0.0800. The average molecular weight is 253 g/mol. The maximum absolute atomic E-state index is 6.29. The van der Waals surface area contributed by atoms with Gasteiger partial charge >= 0.3 is 0 Å². The van der Waals surface area contributed by atoms with Gasteiger partial charge in [0.05, 0.1) is 12.2 Å². The normalized spacial score (nSPS) is 38.8. The highest BCUT2D eigenvalue weighted by molar-refractivity contribution is 4.99. The molecule has 1 heterocycles. The molecule has 1 N–H and O–H groups in total. The van der Waals surface area contributed by atoms with Gasteiger partial charge in [-0.1, -0.05) is 33.6 Å². The molecule has 2 rings (SSSR count). The van der Waals surface area contributed by atoms with Crippen molar-refractivity contribution in [3.05, 3.63) is 0 Å². The standard InChI is InChI=1S/C16H31NO/c1-4-13(3)12-15-16(18-11-10-17-15)8-6-14(5-2)7-9-16/h13-15,17H,4-12H2,1-3H3. The van der Waals surface area contributed by atoms with Crippen molar-refractivity contribution in [3.8, 4) is 0 Å². The molecule has 0 aromatic rings. The minimum absolute atomic E-state index is 0.174. The van der Waals surface area contributed by atoms with Crippen LogP contribution in [0.15, 0.2) is 0 Å². The molecule has 0 radical (unpaired) electrons. The van der Waals surface area contributed by atoms with Gasteiger partial charge in [-0.3, -0.25) is 0 Å². The largest absolute Gasteiger partial charge is 0.372 e. The van der Waals surface area contributed by atoms with Gasteiger partial charge in [0.2, 0.25) is 0 Å². The zero-order valence-electron chi connectivity index (χ0n) is 12.5. The van der Waals surface area contributed by atoms with Crippen LogP contribution in [0.2, 0.25) is 0 Å². The summed E-state index contributed by atoms with van der Waals surface area (Å²) in [5, 5.41) is 3.75. The van der Waals surface area contributed by atoms with Crippen molar-refractivity contribution in [2.24, 2.45) is 11.8 Å². The lowest BCUT2D eigenvalue weighted by Gasteiger charge is -2.49. The number of nitrogens with one attached hydrogen (secondary N) is 1. The molecule has 1 aliphatic heterocycles. The maximum atomic E-state index is 6.29. The van der Waals surface area contributed by atoms with Crippen LogP contribution < -0.4 is 5.32 Å². The Kier molecular flexibility index (Phi) is 5.08. The third-order valence-electron chi connectivity index (χ3n) is 5.38. The van der Waals surface area contributed by atoms with Crippen LogP contribution in [0.5, 0.6) is 0 Å². The minimum Gasteiger partial charge on any atom is -0.372 e. The number of rotatable bonds is 4. The summed E-state index contributed by atoms with van der Waals surface area (Å²) in [6, 6.07) is 0.596. The molecule has 2 fully saturated rings. The van der Waals surface area contributed by atoms with Gasteiger partial charge in [0.15, 0.2) is 0 Å². The first kappa shape index (κ1) is 14.3. The van der Waals surface area contributed by atoms with Crippen LogP contribution in [0, 0.1) is 11.8 Å². The zero-order valence-corrected chi connectivity index (χ0v) is 12.5. The first-order valence-electron chi connectivity index (χ1n) is 8.07. The molecule has 1 saturated heterocycles. The first-order chi connectivity index (χ1) is 8.70. The predicted octanol–water partition coefficient (Wildman–Crippen LogP) is 3.75. The summed E-state index contributed by atoms with van der Waals surface area (Å²) in [5.41, 5.74) is 0.174. The number of hydrogen-bond donors (Lipinski definition) is 1. The Bertz CT molecular complexity index is 245. The molecule has 18 heavy (non-hydrogen) atoms. The van der Waals surface area contributed by atoms with Crippen LogP contribution in [-0.4, -0.2) is 24.8 Å². The van der Waals surface area contributed by atoms with Crippen molar-refractivity contribution in [1.82, 2.24) is 5.32 Å². The fourth-order valence-corrected chi connectivity index (χ4v) is 3.71. The van der Waals surface area contributed by atoms with E-state index in [9.17, 15) is 0 Å². The van der Waals surface area contributed by atoms with E-state index >= 15 is 0 Å². The second-order valence-corrected chi connectivity index (χ2v) is 6.52. The third kappa shape index (κ3) is 3.08. The van der Waals surface area contributed by atoms with Crippen molar-refractivity contribution in [2.45, 2.75) is 77.4 Å². The van der Waals surface area contributed by atoms with Crippen molar-refractivity contribution in [1.29, 1.82) is 0 Å². The Balaban J connectivity index is 1.98. The fourth-order valence-electron chi connectivity index (χ4n) is 3.71. The molecule has 2 unspecified atom stereocenters. The molecule has 0 aromatic heterocycles. The molecule has 0 bridgehead atoms. The molecule has 0 aromatic carbocycles. The lowest BCUT2D eigenvalue weighted by atomic mass is 9.71. The van der Waals surface area contributed by atoms with Crippen LogP contribution in [0.25, 0.3) is 0 Å². The summed E-state index contributed by atoms with van der Waals surface area (Å²) in [6.45, 7) is 8.96. The highest BCUT2D eigenvalue weighted by atomic mass is 16.5. The summed E-state index contributed by atoms with van der Waals surface area (Å²) in [6.07, 6.45) is 9.21. The quantitative estimate of drug-likeness (QED) is 0.824. The van der Waals surface area contributed by atoms with E-state index in [4.69, 9.17) is 4.74 Å². The molecule has 106 valence electrons. The van der Waals surface area contributed by atoms with Gasteiger partial charge in [0.1, 0.15) is 0 Å². The Morgan fingerprint density at radius 1 is 1.28 bits per heavy atom. The Morgan fingerprint density at radius 2 is 2.00 bits per heavy atom. The summed E-state index contributed by atoms with van der Waals surface area (Å²) < 4.78 is 6.29. The summed E-state index contributed by atoms with van der Waals surface area (Å²) >= 11 is 0. The van der Waals surface area contributed by atoms with Gasteiger partial charge in [-0.15, -0.1) is 0 Å². The van der Waals surface area contributed by atoms with Crippen LogP contribution in [0.4, 0.5) is 0 Å².